The van der Waals surface area contributed by atoms with Gasteiger partial charge in [-0.05, 0) is 23.6 Å². The Hall–Kier alpha value is -1.22. The highest BCUT2D eigenvalue weighted by atomic mass is 35.5. The van der Waals surface area contributed by atoms with Crippen molar-refractivity contribution in [2.24, 2.45) is 0 Å². The number of hydrogen-bond donors (Lipinski definition) is 1. The highest BCUT2D eigenvalue weighted by Gasteiger charge is 2.20. The van der Waals surface area contributed by atoms with E-state index in [1.165, 1.54) is 5.56 Å². The van der Waals surface area contributed by atoms with Crippen LogP contribution in [0, 0.1) is 0 Å². The minimum Gasteiger partial charge on any atom is -0.341 e. The Labute approximate surface area is 94.0 Å². The van der Waals surface area contributed by atoms with E-state index >= 15 is 0 Å². The van der Waals surface area contributed by atoms with Gasteiger partial charge in [0, 0.05) is 25.2 Å². The predicted molar refractivity (Wildman–Crippen MR) is 60.0 cm³/mol. The fourth-order valence-corrected chi connectivity index (χ4v) is 2.18. The van der Waals surface area contributed by atoms with E-state index in [0.717, 1.165) is 23.6 Å². The van der Waals surface area contributed by atoms with E-state index in [0.29, 0.717) is 6.54 Å². The molecule has 4 heteroatoms. The first-order valence-electron chi connectivity index (χ1n) is 4.95. The zero-order valence-electron chi connectivity index (χ0n) is 8.59. The molecule has 1 aliphatic rings. The van der Waals surface area contributed by atoms with Gasteiger partial charge in [0.2, 0.25) is 0 Å². The molecule has 0 fully saturated rings. The molecule has 0 spiro atoms. The first-order chi connectivity index (χ1) is 7.22. The smallest absolute Gasteiger partial charge is 0.317 e. The van der Waals surface area contributed by atoms with Gasteiger partial charge in [0.25, 0.3) is 0 Å². The molecule has 15 heavy (non-hydrogen) atoms. The number of urea groups is 1. The number of amides is 2. The second-order valence-electron chi connectivity index (χ2n) is 3.60. The largest absolute Gasteiger partial charge is 0.341 e. The SMILES string of the molecule is CNC(=O)N1CCc2c(Cl)cccc2C1. The van der Waals surface area contributed by atoms with E-state index in [1.54, 1.807) is 11.9 Å². The van der Waals surface area contributed by atoms with Crippen molar-refractivity contribution in [2.45, 2.75) is 13.0 Å². The molecule has 2 amide bonds. The lowest BCUT2D eigenvalue weighted by Crippen LogP contribution is -2.41. The van der Waals surface area contributed by atoms with Gasteiger partial charge >= 0.3 is 6.03 Å². The van der Waals surface area contributed by atoms with Gasteiger partial charge < -0.3 is 10.2 Å². The number of benzene rings is 1. The summed E-state index contributed by atoms with van der Waals surface area (Å²) in [5.74, 6) is 0. The Morgan fingerprint density at radius 2 is 2.33 bits per heavy atom. The summed E-state index contributed by atoms with van der Waals surface area (Å²) < 4.78 is 0. The van der Waals surface area contributed by atoms with Crippen molar-refractivity contribution in [3.05, 3.63) is 34.3 Å². The molecule has 1 aliphatic heterocycles. The molecule has 2 rings (SSSR count). The Bertz CT molecular complexity index is 392. The highest BCUT2D eigenvalue weighted by molar-refractivity contribution is 6.31. The molecular formula is C11H13ClN2O. The Kier molecular flexibility index (Phi) is 2.82. The van der Waals surface area contributed by atoms with Crippen LogP contribution in [0.4, 0.5) is 4.79 Å². The third-order valence-corrected chi connectivity index (χ3v) is 3.06. The van der Waals surface area contributed by atoms with E-state index in [-0.39, 0.29) is 6.03 Å². The van der Waals surface area contributed by atoms with Crippen LogP contribution in [0.1, 0.15) is 11.1 Å². The van der Waals surface area contributed by atoms with Crippen LogP contribution >= 0.6 is 11.6 Å². The van der Waals surface area contributed by atoms with Crippen LogP contribution in [0.25, 0.3) is 0 Å². The van der Waals surface area contributed by atoms with E-state index in [9.17, 15) is 4.79 Å². The average molecular weight is 225 g/mol. The summed E-state index contributed by atoms with van der Waals surface area (Å²) in [6.07, 6.45) is 0.836. The van der Waals surface area contributed by atoms with Crippen LogP contribution in [0.15, 0.2) is 18.2 Å². The molecule has 1 heterocycles. The van der Waals surface area contributed by atoms with Gasteiger partial charge in [-0.1, -0.05) is 23.7 Å². The quantitative estimate of drug-likeness (QED) is 0.719. The Morgan fingerprint density at radius 1 is 1.53 bits per heavy atom. The second kappa shape index (κ2) is 4.11. The summed E-state index contributed by atoms with van der Waals surface area (Å²) in [4.78, 5) is 13.2. The predicted octanol–water partition coefficient (Wildman–Crippen LogP) is 2.04. The van der Waals surface area contributed by atoms with Crippen LogP contribution in [0.5, 0.6) is 0 Å². The van der Waals surface area contributed by atoms with Gasteiger partial charge in [0.05, 0.1) is 0 Å². The van der Waals surface area contributed by atoms with E-state index in [4.69, 9.17) is 11.6 Å². The maximum atomic E-state index is 11.4. The molecule has 1 aromatic rings. The number of nitrogens with one attached hydrogen (secondary N) is 1. The van der Waals surface area contributed by atoms with E-state index in [2.05, 4.69) is 5.32 Å². The molecule has 80 valence electrons. The molecule has 0 atom stereocenters. The molecule has 0 saturated heterocycles. The van der Waals surface area contributed by atoms with E-state index < -0.39 is 0 Å². The van der Waals surface area contributed by atoms with Crippen molar-refractivity contribution in [1.29, 1.82) is 0 Å². The second-order valence-corrected chi connectivity index (χ2v) is 4.01. The maximum Gasteiger partial charge on any atom is 0.317 e. The van der Waals surface area contributed by atoms with Crippen LogP contribution in [-0.2, 0) is 13.0 Å². The van der Waals surface area contributed by atoms with Crippen molar-refractivity contribution in [3.8, 4) is 0 Å². The van der Waals surface area contributed by atoms with Crippen molar-refractivity contribution in [2.75, 3.05) is 13.6 Å². The maximum absolute atomic E-state index is 11.4. The fourth-order valence-electron chi connectivity index (χ4n) is 1.89. The lowest BCUT2D eigenvalue weighted by Gasteiger charge is -2.28. The van der Waals surface area contributed by atoms with Crippen molar-refractivity contribution < 1.29 is 4.79 Å². The summed E-state index contributed by atoms with van der Waals surface area (Å²) in [6.45, 7) is 1.38. The van der Waals surface area contributed by atoms with Crippen LogP contribution < -0.4 is 5.32 Å². The molecule has 0 saturated carbocycles. The monoisotopic (exact) mass is 224 g/mol. The Balaban J connectivity index is 2.24. The van der Waals surface area contributed by atoms with Crippen LogP contribution in [-0.4, -0.2) is 24.5 Å². The van der Waals surface area contributed by atoms with Gasteiger partial charge in [-0.3, -0.25) is 0 Å². The number of nitrogens with zero attached hydrogens (tertiary/aromatic N) is 1. The van der Waals surface area contributed by atoms with E-state index in [1.807, 2.05) is 18.2 Å². The van der Waals surface area contributed by atoms with Gasteiger partial charge in [0.1, 0.15) is 0 Å². The first-order valence-corrected chi connectivity index (χ1v) is 5.33. The highest BCUT2D eigenvalue weighted by Crippen LogP contribution is 2.25. The Morgan fingerprint density at radius 3 is 3.07 bits per heavy atom. The van der Waals surface area contributed by atoms with Crippen molar-refractivity contribution in [3.63, 3.8) is 0 Å². The summed E-state index contributed by atoms with van der Waals surface area (Å²) in [5, 5.41) is 3.44. The summed E-state index contributed by atoms with van der Waals surface area (Å²) in [6, 6.07) is 5.82. The fraction of sp³-hybridized carbons (Fsp3) is 0.364. The third kappa shape index (κ3) is 1.92. The molecule has 0 unspecified atom stereocenters. The molecule has 3 nitrogen and oxygen atoms in total. The first kappa shape index (κ1) is 10.3. The van der Waals surface area contributed by atoms with Gasteiger partial charge in [-0.25, -0.2) is 4.79 Å². The molecule has 1 N–H and O–H groups in total. The number of carbonyl (C=O) groups excluding carboxylic acids is 1. The lowest BCUT2D eigenvalue weighted by atomic mass is 10.00. The van der Waals surface area contributed by atoms with Crippen molar-refractivity contribution in [1.82, 2.24) is 10.2 Å². The lowest BCUT2D eigenvalue weighted by molar-refractivity contribution is 0.194. The van der Waals surface area contributed by atoms with Crippen molar-refractivity contribution >= 4 is 17.6 Å². The van der Waals surface area contributed by atoms with Crippen LogP contribution in [0.2, 0.25) is 5.02 Å². The molecule has 1 aromatic carbocycles. The standard InChI is InChI=1S/C11H13ClN2O/c1-13-11(15)14-6-5-9-8(7-14)3-2-4-10(9)12/h2-4H,5-7H2,1H3,(H,13,15). The molecule has 0 aliphatic carbocycles. The summed E-state index contributed by atoms with van der Waals surface area (Å²) >= 11 is 6.08. The van der Waals surface area contributed by atoms with Gasteiger partial charge in [-0.15, -0.1) is 0 Å². The normalized spacial score (nSPS) is 14.7. The van der Waals surface area contributed by atoms with Gasteiger partial charge in [0.15, 0.2) is 0 Å². The summed E-state index contributed by atoms with van der Waals surface area (Å²) in [5.41, 5.74) is 2.33. The minimum atomic E-state index is -0.0272. The molecule has 0 aromatic heterocycles. The minimum absolute atomic E-state index is 0.0272. The molecule has 0 bridgehead atoms. The topological polar surface area (TPSA) is 32.3 Å². The number of carbonyl (C=O) groups is 1. The number of halogens is 1. The number of fused-ring (bicyclic) bond motifs is 1. The average Bonchev–Trinajstić information content (AvgIpc) is 2.28. The number of hydrogen-bond acceptors (Lipinski definition) is 1. The molecule has 0 radical (unpaired) electrons. The van der Waals surface area contributed by atoms with Gasteiger partial charge in [-0.2, -0.15) is 0 Å². The number of rotatable bonds is 0. The zero-order valence-corrected chi connectivity index (χ0v) is 9.34. The van der Waals surface area contributed by atoms with Crippen LogP contribution in [0.3, 0.4) is 0 Å². The summed E-state index contributed by atoms with van der Waals surface area (Å²) in [7, 11) is 1.65. The third-order valence-electron chi connectivity index (χ3n) is 2.71. The zero-order chi connectivity index (χ0) is 10.8. The molecular weight excluding hydrogens is 212 g/mol.